The van der Waals surface area contributed by atoms with Crippen LogP contribution in [0.3, 0.4) is 0 Å². The van der Waals surface area contributed by atoms with Crippen molar-refractivity contribution in [1.29, 1.82) is 0 Å². The van der Waals surface area contributed by atoms with Gasteiger partial charge >= 0.3 is 0 Å². The van der Waals surface area contributed by atoms with Crippen molar-refractivity contribution in [3.8, 4) is 11.1 Å². The van der Waals surface area contributed by atoms with Crippen LogP contribution in [0, 0.1) is 6.92 Å². The summed E-state index contributed by atoms with van der Waals surface area (Å²) in [5.74, 6) is 0. The summed E-state index contributed by atoms with van der Waals surface area (Å²) < 4.78 is 0. The van der Waals surface area contributed by atoms with Crippen molar-refractivity contribution in [2.24, 2.45) is 0 Å². The van der Waals surface area contributed by atoms with Crippen LogP contribution in [0.15, 0.2) is 42.7 Å². The molecule has 0 amide bonds. The molecule has 1 fully saturated rings. The van der Waals surface area contributed by atoms with E-state index in [-0.39, 0.29) is 0 Å². The lowest BCUT2D eigenvalue weighted by Gasteiger charge is -2.11. The molecule has 92 valence electrons. The zero-order valence-corrected chi connectivity index (χ0v) is 10.7. The molecule has 1 aliphatic rings. The molecule has 0 spiro atoms. The number of benzene rings is 1. The molecule has 1 aliphatic heterocycles. The molecule has 2 heteroatoms. The summed E-state index contributed by atoms with van der Waals surface area (Å²) in [7, 11) is 0. The van der Waals surface area contributed by atoms with Crippen molar-refractivity contribution in [3.63, 3.8) is 0 Å². The van der Waals surface area contributed by atoms with Crippen molar-refractivity contribution >= 4 is 0 Å². The summed E-state index contributed by atoms with van der Waals surface area (Å²) in [6.45, 7) is 3.24. The Bertz CT molecular complexity index is 525. The maximum atomic E-state index is 4.39. The van der Waals surface area contributed by atoms with Gasteiger partial charge in [0.2, 0.25) is 0 Å². The van der Waals surface area contributed by atoms with Gasteiger partial charge in [-0.05, 0) is 43.5 Å². The minimum atomic E-state index is 0.489. The summed E-state index contributed by atoms with van der Waals surface area (Å²) in [6.07, 6.45) is 6.42. The summed E-state index contributed by atoms with van der Waals surface area (Å²) in [5.41, 5.74) is 5.06. The lowest BCUT2D eigenvalue weighted by molar-refractivity contribution is 0.645. The predicted octanol–water partition coefficient (Wildman–Crippen LogP) is 3.48. The molecule has 1 N–H and O–H groups in total. The van der Waals surface area contributed by atoms with Crippen LogP contribution in [-0.4, -0.2) is 11.5 Å². The molecular weight excluding hydrogens is 220 g/mol. The Morgan fingerprint density at radius 2 is 1.94 bits per heavy atom. The minimum absolute atomic E-state index is 0.489. The molecule has 0 radical (unpaired) electrons. The number of pyridine rings is 1. The van der Waals surface area contributed by atoms with Crippen molar-refractivity contribution in [1.82, 2.24) is 10.3 Å². The van der Waals surface area contributed by atoms with Gasteiger partial charge in [0.05, 0.1) is 0 Å². The van der Waals surface area contributed by atoms with Crippen LogP contribution in [0.2, 0.25) is 0 Å². The quantitative estimate of drug-likeness (QED) is 0.866. The van der Waals surface area contributed by atoms with Gasteiger partial charge in [-0.15, -0.1) is 0 Å². The third-order valence-electron chi connectivity index (χ3n) is 3.61. The summed E-state index contributed by atoms with van der Waals surface area (Å²) in [5, 5.41) is 3.52. The molecule has 3 rings (SSSR count). The van der Waals surface area contributed by atoms with Crippen LogP contribution >= 0.6 is 0 Å². The molecule has 2 heterocycles. The average Bonchev–Trinajstić information content (AvgIpc) is 2.94. The van der Waals surface area contributed by atoms with E-state index in [0.29, 0.717) is 6.04 Å². The second kappa shape index (κ2) is 4.91. The molecule has 0 aliphatic carbocycles. The minimum Gasteiger partial charge on any atom is -0.310 e. The van der Waals surface area contributed by atoms with Gasteiger partial charge in [0.25, 0.3) is 0 Å². The zero-order chi connectivity index (χ0) is 12.4. The van der Waals surface area contributed by atoms with E-state index in [1.165, 1.54) is 35.1 Å². The van der Waals surface area contributed by atoms with E-state index < -0.39 is 0 Å². The molecular formula is C16H18N2. The van der Waals surface area contributed by atoms with Crippen LogP contribution in [-0.2, 0) is 0 Å². The van der Waals surface area contributed by atoms with E-state index in [2.05, 4.69) is 47.6 Å². The van der Waals surface area contributed by atoms with E-state index in [9.17, 15) is 0 Å². The van der Waals surface area contributed by atoms with Gasteiger partial charge in [-0.25, -0.2) is 0 Å². The first kappa shape index (κ1) is 11.4. The lowest BCUT2D eigenvalue weighted by atomic mass is 10.0. The fourth-order valence-corrected chi connectivity index (χ4v) is 2.52. The molecule has 2 nitrogen and oxygen atoms in total. The van der Waals surface area contributed by atoms with Gasteiger partial charge in [0, 0.05) is 24.0 Å². The largest absolute Gasteiger partial charge is 0.310 e. The van der Waals surface area contributed by atoms with Crippen molar-refractivity contribution in [3.05, 3.63) is 53.9 Å². The van der Waals surface area contributed by atoms with Crippen LogP contribution in [0.5, 0.6) is 0 Å². The fourth-order valence-electron chi connectivity index (χ4n) is 2.52. The fraction of sp³-hybridized carbons (Fsp3) is 0.312. The molecule has 1 atom stereocenters. The maximum Gasteiger partial charge on any atom is 0.0346 e. The van der Waals surface area contributed by atoms with E-state index in [1.807, 2.05) is 12.4 Å². The molecule has 1 saturated heterocycles. The summed E-state index contributed by atoms with van der Waals surface area (Å²) in [6, 6.07) is 11.4. The first-order valence-corrected chi connectivity index (χ1v) is 6.58. The number of aromatic nitrogens is 1. The highest BCUT2D eigenvalue weighted by Crippen LogP contribution is 2.26. The van der Waals surface area contributed by atoms with Crippen LogP contribution in [0.25, 0.3) is 11.1 Å². The Kier molecular flexibility index (Phi) is 3.11. The maximum absolute atomic E-state index is 4.39. The highest BCUT2D eigenvalue weighted by atomic mass is 14.9. The van der Waals surface area contributed by atoms with Gasteiger partial charge in [-0.1, -0.05) is 29.8 Å². The van der Waals surface area contributed by atoms with Gasteiger partial charge < -0.3 is 5.32 Å². The molecule has 0 unspecified atom stereocenters. The monoisotopic (exact) mass is 238 g/mol. The highest BCUT2D eigenvalue weighted by molar-refractivity contribution is 5.63. The van der Waals surface area contributed by atoms with Gasteiger partial charge in [0.1, 0.15) is 0 Å². The van der Waals surface area contributed by atoms with Crippen LogP contribution in [0.4, 0.5) is 0 Å². The number of nitrogens with zero attached hydrogens (tertiary/aromatic N) is 1. The van der Waals surface area contributed by atoms with Crippen molar-refractivity contribution in [2.75, 3.05) is 6.54 Å². The first-order valence-electron chi connectivity index (χ1n) is 6.58. The molecule has 0 saturated carbocycles. The summed E-state index contributed by atoms with van der Waals surface area (Å²) in [4.78, 5) is 4.39. The Hall–Kier alpha value is -1.67. The topological polar surface area (TPSA) is 24.9 Å². The average molecular weight is 238 g/mol. The van der Waals surface area contributed by atoms with E-state index in [4.69, 9.17) is 0 Å². The molecule has 1 aromatic carbocycles. The highest BCUT2D eigenvalue weighted by Gasteiger charge is 2.16. The smallest absolute Gasteiger partial charge is 0.0346 e. The second-order valence-electron chi connectivity index (χ2n) is 5.02. The van der Waals surface area contributed by atoms with E-state index >= 15 is 0 Å². The predicted molar refractivity (Wildman–Crippen MR) is 74.4 cm³/mol. The SMILES string of the molecule is Cc1ccc(-c2cncc([C@@H]3CCCN3)c2)cc1. The Morgan fingerprint density at radius 3 is 2.67 bits per heavy atom. The zero-order valence-electron chi connectivity index (χ0n) is 10.7. The number of hydrogen-bond acceptors (Lipinski definition) is 2. The van der Waals surface area contributed by atoms with Crippen molar-refractivity contribution in [2.45, 2.75) is 25.8 Å². The van der Waals surface area contributed by atoms with Crippen LogP contribution < -0.4 is 5.32 Å². The molecule has 18 heavy (non-hydrogen) atoms. The Morgan fingerprint density at radius 1 is 1.11 bits per heavy atom. The number of hydrogen-bond donors (Lipinski definition) is 1. The normalized spacial score (nSPS) is 19.1. The van der Waals surface area contributed by atoms with Gasteiger partial charge in [-0.2, -0.15) is 0 Å². The number of nitrogens with one attached hydrogen (secondary N) is 1. The van der Waals surface area contributed by atoms with Crippen molar-refractivity contribution < 1.29 is 0 Å². The second-order valence-corrected chi connectivity index (χ2v) is 5.02. The standard InChI is InChI=1S/C16H18N2/c1-12-4-6-13(7-5-12)14-9-15(11-17-10-14)16-3-2-8-18-16/h4-7,9-11,16,18H,2-3,8H2,1H3/t16-/m0/s1. The Labute approximate surface area is 108 Å². The number of rotatable bonds is 2. The van der Waals surface area contributed by atoms with Gasteiger partial charge in [0.15, 0.2) is 0 Å². The Balaban J connectivity index is 1.92. The third-order valence-corrected chi connectivity index (χ3v) is 3.61. The third kappa shape index (κ3) is 2.29. The molecule has 1 aromatic heterocycles. The molecule has 0 bridgehead atoms. The number of aryl methyl sites for hydroxylation is 1. The molecule has 2 aromatic rings. The lowest BCUT2D eigenvalue weighted by Crippen LogP contribution is -2.12. The summed E-state index contributed by atoms with van der Waals surface area (Å²) >= 11 is 0. The van der Waals surface area contributed by atoms with Gasteiger partial charge in [-0.3, -0.25) is 4.98 Å². The van der Waals surface area contributed by atoms with Crippen LogP contribution in [0.1, 0.15) is 30.0 Å². The van der Waals surface area contributed by atoms with E-state index in [1.54, 1.807) is 0 Å². The first-order chi connectivity index (χ1) is 8.83. The van der Waals surface area contributed by atoms with E-state index in [0.717, 1.165) is 6.54 Å².